The molecule has 1 heterocycles. The molecular weight excluding hydrogens is 424 g/mol. The van der Waals surface area contributed by atoms with E-state index in [-0.39, 0.29) is 17.6 Å². The Balaban J connectivity index is 2.30. The molecule has 1 amide bonds. The molecule has 0 fully saturated rings. The lowest BCUT2D eigenvalue weighted by molar-refractivity contribution is -0.129. The molecule has 0 saturated heterocycles. The molecule has 1 aliphatic rings. The van der Waals surface area contributed by atoms with E-state index in [1.54, 1.807) is 19.0 Å². The third-order valence-corrected chi connectivity index (χ3v) is 6.33. The van der Waals surface area contributed by atoms with E-state index in [0.717, 1.165) is 23.5 Å². The molecule has 34 heavy (non-hydrogen) atoms. The van der Waals surface area contributed by atoms with Crippen molar-refractivity contribution in [2.45, 2.75) is 73.8 Å². The van der Waals surface area contributed by atoms with E-state index < -0.39 is 0 Å². The highest BCUT2D eigenvalue weighted by Gasteiger charge is 2.18. The molecule has 1 unspecified atom stereocenters. The number of Topliss-reactive ketones (excluding diaryl/α,β-unsaturated/α-hetero) is 1. The van der Waals surface area contributed by atoms with Crippen molar-refractivity contribution in [2.24, 2.45) is 15.9 Å². The zero-order chi connectivity index (χ0) is 25.4. The summed E-state index contributed by atoms with van der Waals surface area (Å²) in [6.45, 7) is 12.6. The predicted molar refractivity (Wildman–Crippen MR) is 141 cm³/mol. The first-order valence-corrected chi connectivity index (χ1v) is 12.1. The van der Waals surface area contributed by atoms with Crippen LogP contribution >= 0.6 is 0 Å². The monoisotopic (exact) mass is 464 g/mol. The van der Waals surface area contributed by atoms with E-state index in [1.807, 2.05) is 33.8 Å². The Bertz CT molecular complexity index is 1040. The van der Waals surface area contributed by atoms with Gasteiger partial charge in [-0.25, -0.2) is 0 Å². The summed E-state index contributed by atoms with van der Waals surface area (Å²) in [5.74, 6) is 0.238. The van der Waals surface area contributed by atoms with Gasteiger partial charge in [-0.15, -0.1) is 0 Å². The molecule has 0 aromatic heterocycles. The van der Waals surface area contributed by atoms with Gasteiger partial charge < -0.3 is 10.2 Å². The van der Waals surface area contributed by atoms with Crippen molar-refractivity contribution in [3.8, 4) is 0 Å². The molecule has 1 aromatic rings. The number of aliphatic imine (C=N–C) groups is 2. The number of rotatable bonds is 9. The van der Waals surface area contributed by atoms with Crippen molar-refractivity contribution in [1.29, 1.82) is 0 Å². The maximum Gasteiger partial charge on any atom is 0.222 e. The summed E-state index contributed by atoms with van der Waals surface area (Å²) >= 11 is 0. The number of carbonyl (C=O) groups excluding carboxylic acids is 2. The molecule has 0 bridgehead atoms. The van der Waals surface area contributed by atoms with Gasteiger partial charge in [0.05, 0.1) is 29.4 Å². The Hall–Kier alpha value is -3.02. The van der Waals surface area contributed by atoms with Gasteiger partial charge in [-0.2, -0.15) is 0 Å². The minimum atomic E-state index is 0.0174. The van der Waals surface area contributed by atoms with Gasteiger partial charge >= 0.3 is 0 Å². The standard InChI is InChI=1S/C28H40N4O2/c1-9-23-12-10-11-19(3)24(23)17-29-25-16-26(31-21(5)20(4)30-22(25)6)27(33)14-13-18(2)15-28(34)32(7)8/h10-12,16,18,31H,9,13-15,17H2,1-8H3. The highest BCUT2D eigenvalue weighted by Crippen LogP contribution is 2.19. The Morgan fingerprint density at radius 2 is 1.85 bits per heavy atom. The van der Waals surface area contributed by atoms with Crippen molar-refractivity contribution in [1.82, 2.24) is 10.2 Å². The van der Waals surface area contributed by atoms with Crippen LogP contribution in [-0.4, -0.2) is 42.1 Å². The number of nitrogens with zero attached hydrogens (tertiary/aromatic N) is 3. The van der Waals surface area contributed by atoms with Gasteiger partial charge in [0.1, 0.15) is 0 Å². The smallest absolute Gasteiger partial charge is 0.222 e. The zero-order valence-electron chi connectivity index (χ0n) is 22.1. The third-order valence-electron chi connectivity index (χ3n) is 6.33. The molecule has 1 N–H and O–H groups in total. The Morgan fingerprint density at radius 3 is 2.50 bits per heavy atom. The highest BCUT2D eigenvalue weighted by molar-refractivity contribution is 6.46. The number of benzene rings is 1. The van der Waals surface area contributed by atoms with Crippen molar-refractivity contribution < 1.29 is 9.59 Å². The minimum Gasteiger partial charge on any atom is -0.355 e. The Labute approximate surface area is 204 Å². The molecule has 0 aliphatic carbocycles. The first-order valence-electron chi connectivity index (χ1n) is 12.1. The van der Waals surface area contributed by atoms with Gasteiger partial charge in [-0.1, -0.05) is 32.0 Å². The van der Waals surface area contributed by atoms with E-state index in [4.69, 9.17) is 9.98 Å². The highest BCUT2D eigenvalue weighted by atomic mass is 16.2. The summed E-state index contributed by atoms with van der Waals surface area (Å²) < 4.78 is 0. The number of ketones is 1. The van der Waals surface area contributed by atoms with Gasteiger partial charge in [-0.05, 0) is 69.2 Å². The summed E-state index contributed by atoms with van der Waals surface area (Å²) in [7, 11) is 3.51. The Morgan fingerprint density at radius 1 is 1.15 bits per heavy atom. The van der Waals surface area contributed by atoms with Crippen molar-refractivity contribution >= 4 is 23.1 Å². The number of nitrogens with one attached hydrogen (secondary N) is 1. The van der Waals surface area contributed by atoms with Gasteiger partial charge in [0.25, 0.3) is 0 Å². The van der Waals surface area contributed by atoms with Crippen LogP contribution in [0.2, 0.25) is 0 Å². The van der Waals surface area contributed by atoms with E-state index in [2.05, 4.69) is 37.4 Å². The van der Waals surface area contributed by atoms with Crippen molar-refractivity contribution in [3.05, 3.63) is 58.1 Å². The van der Waals surface area contributed by atoms with Crippen molar-refractivity contribution in [2.75, 3.05) is 14.1 Å². The van der Waals surface area contributed by atoms with Crippen LogP contribution in [0.15, 0.2) is 51.4 Å². The van der Waals surface area contributed by atoms with Gasteiger partial charge in [0.15, 0.2) is 5.78 Å². The fourth-order valence-corrected chi connectivity index (χ4v) is 3.85. The van der Waals surface area contributed by atoms with Crippen LogP contribution in [0.3, 0.4) is 0 Å². The summed E-state index contributed by atoms with van der Waals surface area (Å²) in [6, 6.07) is 6.34. The first-order chi connectivity index (χ1) is 16.0. The summed E-state index contributed by atoms with van der Waals surface area (Å²) in [6.07, 6.45) is 4.25. The zero-order valence-corrected chi connectivity index (χ0v) is 22.1. The number of hydrogen-bond donors (Lipinski definition) is 1. The average molecular weight is 465 g/mol. The average Bonchev–Trinajstić information content (AvgIpc) is 2.78. The third kappa shape index (κ3) is 7.51. The molecule has 0 saturated carbocycles. The number of hydrogen-bond acceptors (Lipinski definition) is 5. The fraction of sp³-hybridized carbons (Fsp3) is 0.500. The topological polar surface area (TPSA) is 74.1 Å². The number of carbonyl (C=O) groups is 2. The second-order valence-electron chi connectivity index (χ2n) is 9.42. The normalized spacial score (nSPS) is 16.3. The molecule has 6 nitrogen and oxygen atoms in total. The predicted octanol–water partition coefficient (Wildman–Crippen LogP) is 5.16. The molecule has 1 atom stereocenters. The van der Waals surface area contributed by atoms with Crippen LogP contribution in [0.5, 0.6) is 0 Å². The second kappa shape index (κ2) is 12.4. The molecule has 0 spiro atoms. The quantitative estimate of drug-likeness (QED) is 0.548. The molecule has 6 heteroatoms. The summed E-state index contributed by atoms with van der Waals surface area (Å²) in [5.41, 5.74) is 7.44. The second-order valence-corrected chi connectivity index (χ2v) is 9.42. The van der Waals surface area contributed by atoms with Gasteiger partial charge in [-0.3, -0.25) is 19.6 Å². The van der Waals surface area contributed by atoms with Crippen molar-refractivity contribution in [3.63, 3.8) is 0 Å². The lowest BCUT2D eigenvalue weighted by Crippen LogP contribution is -2.26. The van der Waals surface area contributed by atoms with E-state index in [0.29, 0.717) is 37.2 Å². The van der Waals surface area contributed by atoms with Crippen LogP contribution < -0.4 is 5.32 Å². The molecule has 1 aromatic carbocycles. The summed E-state index contributed by atoms with van der Waals surface area (Å²) in [5, 5.41) is 3.26. The van der Waals surface area contributed by atoms with Crippen LogP contribution in [0.4, 0.5) is 0 Å². The van der Waals surface area contributed by atoms with Gasteiger partial charge in [0, 0.05) is 32.6 Å². The SMILES string of the molecule is CCc1cccc(C)c1CN=C1C=C(C(=O)CCC(C)CC(=O)N(C)C)NC(C)=C(C)N=C1C. The lowest BCUT2D eigenvalue weighted by Gasteiger charge is -2.18. The van der Waals surface area contributed by atoms with Crippen LogP contribution in [-0.2, 0) is 22.6 Å². The summed E-state index contributed by atoms with van der Waals surface area (Å²) in [4.78, 5) is 36.3. The fourth-order valence-electron chi connectivity index (χ4n) is 3.85. The number of amides is 1. The Kier molecular flexibility index (Phi) is 9.97. The number of allylic oxidation sites excluding steroid dienone is 4. The van der Waals surface area contributed by atoms with E-state index in [9.17, 15) is 9.59 Å². The minimum absolute atomic E-state index is 0.0174. The maximum atomic E-state index is 13.2. The van der Waals surface area contributed by atoms with E-state index in [1.165, 1.54) is 16.7 Å². The first kappa shape index (κ1) is 27.2. The molecule has 2 rings (SSSR count). The van der Waals surface area contributed by atoms with Crippen LogP contribution in [0.25, 0.3) is 0 Å². The van der Waals surface area contributed by atoms with Crippen LogP contribution in [0, 0.1) is 12.8 Å². The number of aryl methyl sites for hydroxylation is 2. The van der Waals surface area contributed by atoms with Crippen LogP contribution in [0.1, 0.15) is 70.6 Å². The van der Waals surface area contributed by atoms with Gasteiger partial charge in [0.2, 0.25) is 5.91 Å². The van der Waals surface area contributed by atoms with E-state index >= 15 is 0 Å². The maximum absolute atomic E-state index is 13.2. The lowest BCUT2D eigenvalue weighted by atomic mass is 9.97. The molecule has 0 radical (unpaired) electrons. The molecule has 1 aliphatic heterocycles. The largest absolute Gasteiger partial charge is 0.355 e. The molecular formula is C28H40N4O2. The molecule has 184 valence electrons.